The van der Waals surface area contributed by atoms with Crippen LogP contribution >= 0.6 is 12.4 Å². The van der Waals surface area contributed by atoms with E-state index >= 15 is 0 Å². The zero-order chi connectivity index (χ0) is 14.5. The van der Waals surface area contributed by atoms with E-state index in [1.54, 1.807) is 0 Å². The number of hydrogen-bond donors (Lipinski definition) is 3. The van der Waals surface area contributed by atoms with Gasteiger partial charge in [-0.15, -0.1) is 12.4 Å². The summed E-state index contributed by atoms with van der Waals surface area (Å²) in [4.78, 5) is 12.1. The molecule has 1 aromatic carbocycles. The lowest BCUT2D eigenvalue weighted by Gasteiger charge is -2.25. The number of carbonyl (C=O) groups excluding carboxylic acids is 1. The number of rotatable bonds is 5. The fourth-order valence-corrected chi connectivity index (χ4v) is 2.44. The van der Waals surface area contributed by atoms with E-state index in [9.17, 15) is 9.90 Å². The molecule has 0 bridgehead atoms. The first kappa shape index (κ1) is 18.0. The maximum Gasteiger partial charge on any atom is 0.237 e. The maximum absolute atomic E-state index is 12.1. The summed E-state index contributed by atoms with van der Waals surface area (Å²) in [6.07, 6.45) is 0.983. The Bertz CT molecular complexity index is 465. The van der Waals surface area contributed by atoms with E-state index in [-0.39, 0.29) is 36.4 Å². The van der Waals surface area contributed by atoms with Gasteiger partial charge in [-0.25, -0.2) is 0 Å². The van der Waals surface area contributed by atoms with Crippen molar-refractivity contribution in [3.63, 3.8) is 0 Å². The van der Waals surface area contributed by atoms with Crippen molar-refractivity contribution in [1.82, 2.24) is 10.6 Å². The standard InChI is InChI=1S/C16H24N2O2.ClH/c1-11(2)15(19)7-8-17-16(20)14-9-12-5-3-4-6-13(12)10-18-14;/h3-6,11,14-15,18-19H,7-10H2,1-2H3,(H,17,20);1H. The molecule has 2 atom stereocenters. The minimum atomic E-state index is -0.352. The Labute approximate surface area is 132 Å². The van der Waals surface area contributed by atoms with Crippen LogP contribution in [0.15, 0.2) is 24.3 Å². The Morgan fingerprint density at radius 3 is 2.71 bits per heavy atom. The van der Waals surface area contributed by atoms with Gasteiger partial charge in [0.15, 0.2) is 0 Å². The van der Waals surface area contributed by atoms with Gasteiger partial charge in [-0.2, -0.15) is 0 Å². The van der Waals surface area contributed by atoms with E-state index in [1.165, 1.54) is 11.1 Å². The van der Waals surface area contributed by atoms with Gasteiger partial charge in [0, 0.05) is 13.1 Å². The van der Waals surface area contributed by atoms with Crippen molar-refractivity contribution >= 4 is 18.3 Å². The SMILES string of the molecule is CC(C)C(O)CCNC(=O)C1Cc2ccccc2CN1.Cl. The van der Waals surface area contributed by atoms with Crippen LogP contribution in [0, 0.1) is 5.92 Å². The van der Waals surface area contributed by atoms with Gasteiger partial charge in [-0.1, -0.05) is 38.1 Å². The second-order valence-corrected chi connectivity index (χ2v) is 5.80. The number of aliphatic hydroxyl groups excluding tert-OH is 1. The minimum Gasteiger partial charge on any atom is -0.393 e. The van der Waals surface area contributed by atoms with Crippen molar-refractivity contribution in [2.24, 2.45) is 5.92 Å². The molecule has 0 fully saturated rings. The van der Waals surface area contributed by atoms with Crippen molar-refractivity contribution < 1.29 is 9.90 Å². The first-order valence-corrected chi connectivity index (χ1v) is 7.34. The molecule has 0 aromatic heterocycles. The molecule has 3 N–H and O–H groups in total. The van der Waals surface area contributed by atoms with E-state index in [0.717, 1.165) is 13.0 Å². The Kier molecular flexibility index (Phi) is 7.15. The number of carbonyl (C=O) groups is 1. The zero-order valence-corrected chi connectivity index (χ0v) is 13.5. The second kappa shape index (κ2) is 8.37. The summed E-state index contributed by atoms with van der Waals surface area (Å²) < 4.78 is 0. The lowest BCUT2D eigenvalue weighted by molar-refractivity contribution is -0.123. The highest BCUT2D eigenvalue weighted by molar-refractivity contribution is 5.85. The molecule has 1 aliphatic heterocycles. The molecule has 21 heavy (non-hydrogen) atoms. The molecule has 118 valence electrons. The summed E-state index contributed by atoms with van der Waals surface area (Å²) in [7, 11) is 0. The Morgan fingerprint density at radius 2 is 2.05 bits per heavy atom. The van der Waals surface area contributed by atoms with E-state index < -0.39 is 0 Å². The van der Waals surface area contributed by atoms with Gasteiger partial charge in [-0.3, -0.25) is 4.79 Å². The molecule has 0 spiro atoms. The molecular weight excluding hydrogens is 288 g/mol. The maximum atomic E-state index is 12.1. The molecule has 2 rings (SSSR count). The summed E-state index contributed by atoms with van der Waals surface area (Å²) in [5.41, 5.74) is 2.51. The topological polar surface area (TPSA) is 61.4 Å². The average Bonchev–Trinajstić information content (AvgIpc) is 2.46. The highest BCUT2D eigenvalue weighted by atomic mass is 35.5. The molecule has 0 radical (unpaired) electrons. The molecule has 0 saturated heterocycles. The van der Waals surface area contributed by atoms with Crippen LogP contribution in [-0.4, -0.2) is 29.7 Å². The highest BCUT2D eigenvalue weighted by Gasteiger charge is 2.23. The summed E-state index contributed by atoms with van der Waals surface area (Å²) >= 11 is 0. The number of halogens is 1. The predicted octanol–water partition coefficient (Wildman–Crippen LogP) is 1.65. The van der Waals surface area contributed by atoms with Gasteiger partial charge in [-0.05, 0) is 29.9 Å². The Hall–Kier alpha value is -1.10. The molecule has 0 aliphatic carbocycles. The Morgan fingerprint density at radius 1 is 1.38 bits per heavy atom. The number of fused-ring (bicyclic) bond motifs is 1. The van der Waals surface area contributed by atoms with Crippen molar-refractivity contribution in [2.75, 3.05) is 6.54 Å². The lowest BCUT2D eigenvalue weighted by atomic mass is 9.95. The molecule has 2 unspecified atom stereocenters. The number of amides is 1. The highest BCUT2D eigenvalue weighted by Crippen LogP contribution is 2.16. The number of hydrogen-bond acceptors (Lipinski definition) is 3. The number of nitrogens with one attached hydrogen (secondary N) is 2. The average molecular weight is 313 g/mol. The normalized spacial score (nSPS) is 18.6. The molecular formula is C16H25ClN2O2. The summed E-state index contributed by atoms with van der Waals surface area (Å²) in [6, 6.07) is 8.04. The second-order valence-electron chi connectivity index (χ2n) is 5.80. The fourth-order valence-electron chi connectivity index (χ4n) is 2.44. The quantitative estimate of drug-likeness (QED) is 0.775. The van der Waals surface area contributed by atoms with Crippen LogP contribution in [0.2, 0.25) is 0 Å². The van der Waals surface area contributed by atoms with Crippen LogP contribution in [0.4, 0.5) is 0 Å². The third kappa shape index (κ3) is 4.99. The van der Waals surface area contributed by atoms with E-state index in [4.69, 9.17) is 0 Å². The minimum absolute atomic E-state index is 0. The van der Waals surface area contributed by atoms with E-state index in [2.05, 4.69) is 22.8 Å². The number of benzene rings is 1. The van der Waals surface area contributed by atoms with E-state index in [1.807, 2.05) is 26.0 Å². The zero-order valence-electron chi connectivity index (χ0n) is 12.6. The van der Waals surface area contributed by atoms with Crippen LogP contribution < -0.4 is 10.6 Å². The number of aliphatic hydroxyl groups is 1. The van der Waals surface area contributed by atoms with Gasteiger partial charge < -0.3 is 15.7 Å². The van der Waals surface area contributed by atoms with Gasteiger partial charge in [0.1, 0.15) is 0 Å². The van der Waals surface area contributed by atoms with Crippen molar-refractivity contribution in [2.45, 2.75) is 45.4 Å². The molecule has 0 saturated carbocycles. The van der Waals surface area contributed by atoms with Crippen LogP contribution in [0.25, 0.3) is 0 Å². The summed E-state index contributed by atoms with van der Waals surface area (Å²) in [5, 5.41) is 15.9. The fraction of sp³-hybridized carbons (Fsp3) is 0.562. The third-order valence-corrected chi connectivity index (χ3v) is 3.91. The molecule has 5 heteroatoms. The monoisotopic (exact) mass is 312 g/mol. The molecule has 1 aromatic rings. The first-order valence-electron chi connectivity index (χ1n) is 7.34. The van der Waals surface area contributed by atoms with Crippen molar-refractivity contribution in [3.05, 3.63) is 35.4 Å². The van der Waals surface area contributed by atoms with Crippen molar-refractivity contribution in [1.29, 1.82) is 0 Å². The molecule has 1 heterocycles. The van der Waals surface area contributed by atoms with E-state index in [0.29, 0.717) is 13.0 Å². The third-order valence-electron chi connectivity index (χ3n) is 3.91. The molecule has 4 nitrogen and oxygen atoms in total. The summed E-state index contributed by atoms with van der Waals surface area (Å²) in [6.45, 7) is 5.22. The van der Waals surface area contributed by atoms with Crippen molar-refractivity contribution in [3.8, 4) is 0 Å². The molecule has 1 amide bonds. The predicted molar refractivity (Wildman–Crippen MR) is 86.5 cm³/mol. The van der Waals surface area contributed by atoms with Crippen LogP contribution in [0.5, 0.6) is 0 Å². The first-order chi connectivity index (χ1) is 9.58. The van der Waals surface area contributed by atoms with Crippen LogP contribution in [0.1, 0.15) is 31.4 Å². The molecule has 1 aliphatic rings. The van der Waals surface area contributed by atoms with Gasteiger partial charge in [0.25, 0.3) is 0 Å². The van der Waals surface area contributed by atoms with Gasteiger partial charge in [0.2, 0.25) is 5.91 Å². The van der Waals surface area contributed by atoms with Crippen LogP contribution in [-0.2, 0) is 17.8 Å². The largest absolute Gasteiger partial charge is 0.393 e. The lowest BCUT2D eigenvalue weighted by Crippen LogP contribution is -2.48. The summed E-state index contributed by atoms with van der Waals surface area (Å²) in [5.74, 6) is 0.252. The Balaban J connectivity index is 0.00000220. The smallest absolute Gasteiger partial charge is 0.237 e. The van der Waals surface area contributed by atoms with Gasteiger partial charge in [0.05, 0.1) is 12.1 Å². The van der Waals surface area contributed by atoms with Gasteiger partial charge >= 0.3 is 0 Å². The van der Waals surface area contributed by atoms with Crippen LogP contribution in [0.3, 0.4) is 0 Å².